The van der Waals surface area contributed by atoms with Gasteiger partial charge in [-0.05, 0) is 46.0 Å². The molecule has 5 heteroatoms. The van der Waals surface area contributed by atoms with Gasteiger partial charge in [0.1, 0.15) is 5.54 Å². The number of hydrogen-bond donors (Lipinski definition) is 1. The van der Waals surface area contributed by atoms with E-state index in [4.69, 9.17) is 19.9 Å². The van der Waals surface area contributed by atoms with Crippen LogP contribution >= 0.6 is 0 Å². The van der Waals surface area contributed by atoms with Crippen molar-refractivity contribution in [2.75, 3.05) is 20.3 Å². The first-order valence-electron chi connectivity index (χ1n) is 7.10. The van der Waals surface area contributed by atoms with Gasteiger partial charge >= 0.3 is 5.97 Å². The molecule has 1 aliphatic carbocycles. The standard InChI is InChI=1S/C14H27NO4/c1-4-18-13(16)14(2,15)8-9-19-12-7-5-6-11(10-12)17-3/h11-12H,4-10,15H2,1-3H3. The minimum absolute atomic E-state index is 0.219. The third kappa shape index (κ3) is 5.47. The van der Waals surface area contributed by atoms with Crippen LogP contribution in [0.3, 0.4) is 0 Å². The Balaban J connectivity index is 2.27. The molecular formula is C14H27NO4. The lowest BCUT2D eigenvalue weighted by molar-refractivity contribution is -0.150. The van der Waals surface area contributed by atoms with Crippen molar-refractivity contribution in [2.24, 2.45) is 5.73 Å². The van der Waals surface area contributed by atoms with E-state index < -0.39 is 5.54 Å². The fourth-order valence-electron chi connectivity index (χ4n) is 2.30. The molecule has 0 aromatic heterocycles. The zero-order valence-corrected chi connectivity index (χ0v) is 12.3. The van der Waals surface area contributed by atoms with E-state index in [1.54, 1.807) is 21.0 Å². The minimum atomic E-state index is -0.967. The highest BCUT2D eigenvalue weighted by Crippen LogP contribution is 2.23. The van der Waals surface area contributed by atoms with Crippen LogP contribution < -0.4 is 5.73 Å². The lowest BCUT2D eigenvalue weighted by Gasteiger charge is -2.29. The number of rotatable bonds is 7. The molecule has 3 atom stereocenters. The summed E-state index contributed by atoms with van der Waals surface area (Å²) in [6, 6.07) is 0. The van der Waals surface area contributed by atoms with E-state index >= 15 is 0 Å². The number of esters is 1. The molecule has 0 aromatic carbocycles. The van der Waals surface area contributed by atoms with E-state index in [0.717, 1.165) is 25.7 Å². The van der Waals surface area contributed by atoms with Gasteiger partial charge in [-0.2, -0.15) is 0 Å². The summed E-state index contributed by atoms with van der Waals surface area (Å²) < 4.78 is 16.1. The van der Waals surface area contributed by atoms with Gasteiger partial charge in [0.25, 0.3) is 0 Å². The molecule has 3 unspecified atom stereocenters. The van der Waals surface area contributed by atoms with Gasteiger partial charge < -0.3 is 19.9 Å². The van der Waals surface area contributed by atoms with E-state index in [1.165, 1.54) is 0 Å². The quantitative estimate of drug-likeness (QED) is 0.714. The van der Waals surface area contributed by atoms with E-state index in [-0.39, 0.29) is 12.1 Å². The highest BCUT2D eigenvalue weighted by atomic mass is 16.5. The number of nitrogens with two attached hydrogens (primary N) is 1. The minimum Gasteiger partial charge on any atom is -0.465 e. The second-order valence-electron chi connectivity index (χ2n) is 5.41. The Kier molecular flexibility index (Phi) is 6.75. The van der Waals surface area contributed by atoms with Gasteiger partial charge in [0.2, 0.25) is 0 Å². The first kappa shape index (κ1) is 16.4. The highest BCUT2D eigenvalue weighted by molar-refractivity contribution is 5.79. The Hall–Kier alpha value is -0.650. The Morgan fingerprint density at radius 1 is 1.37 bits per heavy atom. The zero-order valence-electron chi connectivity index (χ0n) is 12.3. The highest BCUT2D eigenvalue weighted by Gasteiger charge is 2.30. The SMILES string of the molecule is CCOC(=O)C(C)(N)CCOC1CCCC(OC)C1. The molecule has 5 nitrogen and oxygen atoms in total. The molecule has 19 heavy (non-hydrogen) atoms. The van der Waals surface area contributed by atoms with Crippen molar-refractivity contribution in [3.8, 4) is 0 Å². The first-order chi connectivity index (χ1) is 8.99. The summed E-state index contributed by atoms with van der Waals surface area (Å²) >= 11 is 0. The monoisotopic (exact) mass is 273 g/mol. The second-order valence-corrected chi connectivity index (χ2v) is 5.41. The van der Waals surface area contributed by atoms with Crippen LogP contribution in [-0.4, -0.2) is 44.0 Å². The molecule has 1 saturated carbocycles. The predicted molar refractivity (Wildman–Crippen MR) is 72.8 cm³/mol. The molecule has 0 aromatic rings. The summed E-state index contributed by atoms with van der Waals surface area (Å²) in [5.41, 5.74) is 4.97. The van der Waals surface area contributed by atoms with Crippen molar-refractivity contribution in [3.05, 3.63) is 0 Å². The van der Waals surface area contributed by atoms with Crippen LogP contribution in [0, 0.1) is 0 Å². The number of carbonyl (C=O) groups is 1. The number of methoxy groups -OCH3 is 1. The van der Waals surface area contributed by atoms with Crippen molar-refractivity contribution in [3.63, 3.8) is 0 Å². The van der Waals surface area contributed by atoms with Crippen molar-refractivity contribution in [2.45, 2.75) is 63.7 Å². The third-order valence-electron chi connectivity index (χ3n) is 3.63. The fourth-order valence-corrected chi connectivity index (χ4v) is 2.30. The van der Waals surface area contributed by atoms with E-state index in [9.17, 15) is 4.79 Å². The summed E-state index contributed by atoms with van der Waals surface area (Å²) in [6.45, 7) is 4.29. The van der Waals surface area contributed by atoms with Crippen LogP contribution in [0.2, 0.25) is 0 Å². The van der Waals surface area contributed by atoms with Crippen molar-refractivity contribution in [1.82, 2.24) is 0 Å². The number of carbonyl (C=O) groups excluding carboxylic acids is 1. The van der Waals surface area contributed by atoms with Gasteiger partial charge in [0, 0.05) is 13.7 Å². The summed E-state index contributed by atoms with van der Waals surface area (Å²) in [5.74, 6) is -0.364. The van der Waals surface area contributed by atoms with E-state index in [0.29, 0.717) is 25.7 Å². The van der Waals surface area contributed by atoms with Gasteiger partial charge in [-0.25, -0.2) is 0 Å². The van der Waals surface area contributed by atoms with Gasteiger partial charge in [-0.15, -0.1) is 0 Å². The van der Waals surface area contributed by atoms with Crippen LogP contribution in [0.15, 0.2) is 0 Å². The maximum absolute atomic E-state index is 11.6. The molecule has 0 amide bonds. The summed E-state index contributed by atoms with van der Waals surface area (Å²) in [5, 5.41) is 0. The largest absolute Gasteiger partial charge is 0.465 e. The lowest BCUT2D eigenvalue weighted by atomic mass is 9.94. The van der Waals surface area contributed by atoms with E-state index in [1.807, 2.05) is 0 Å². The summed E-state index contributed by atoms with van der Waals surface area (Å²) in [4.78, 5) is 11.6. The van der Waals surface area contributed by atoms with Gasteiger partial charge in [0.05, 0.1) is 18.8 Å². The van der Waals surface area contributed by atoms with Gasteiger partial charge in [-0.3, -0.25) is 4.79 Å². The fraction of sp³-hybridized carbons (Fsp3) is 0.929. The molecule has 0 bridgehead atoms. The average Bonchev–Trinajstić information content (AvgIpc) is 2.39. The lowest BCUT2D eigenvalue weighted by Crippen LogP contribution is -2.47. The van der Waals surface area contributed by atoms with Crippen LogP contribution in [-0.2, 0) is 19.0 Å². The number of hydrogen-bond acceptors (Lipinski definition) is 5. The van der Waals surface area contributed by atoms with Gasteiger partial charge in [-0.1, -0.05) is 0 Å². The third-order valence-corrected chi connectivity index (χ3v) is 3.63. The maximum Gasteiger partial charge on any atom is 0.325 e. The average molecular weight is 273 g/mol. The zero-order chi connectivity index (χ0) is 14.3. The van der Waals surface area contributed by atoms with E-state index in [2.05, 4.69) is 0 Å². The summed E-state index contributed by atoms with van der Waals surface area (Å²) in [6.07, 6.45) is 5.21. The normalized spacial score (nSPS) is 26.7. The topological polar surface area (TPSA) is 70.8 Å². The Labute approximate surface area is 115 Å². The molecular weight excluding hydrogens is 246 g/mol. The molecule has 1 rings (SSSR count). The molecule has 0 spiro atoms. The molecule has 1 fully saturated rings. The van der Waals surface area contributed by atoms with Crippen molar-refractivity contribution in [1.29, 1.82) is 0 Å². The van der Waals surface area contributed by atoms with Crippen molar-refractivity contribution < 1.29 is 19.0 Å². The molecule has 0 radical (unpaired) electrons. The van der Waals surface area contributed by atoms with Crippen LogP contribution in [0.1, 0.15) is 46.0 Å². The molecule has 2 N–H and O–H groups in total. The molecule has 0 saturated heterocycles. The Morgan fingerprint density at radius 3 is 2.68 bits per heavy atom. The van der Waals surface area contributed by atoms with Crippen LogP contribution in [0.4, 0.5) is 0 Å². The van der Waals surface area contributed by atoms with Crippen molar-refractivity contribution >= 4 is 5.97 Å². The smallest absolute Gasteiger partial charge is 0.325 e. The molecule has 1 aliphatic rings. The first-order valence-corrected chi connectivity index (χ1v) is 7.10. The summed E-state index contributed by atoms with van der Waals surface area (Å²) in [7, 11) is 1.74. The Bertz CT molecular complexity index is 281. The molecule has 0 aliphatic heterocycles. The van der Waals surface area contributed by atoms with Crippen LogP contribution in [0.5, 0.6) is 0 Å². The second kappa shape index (κ2) is 7.82. The molecule has 112 valence electrons. The maximum atomic E-state index is 11.6. The Morgan fingerprint density at radius 2 is 2.05 bits per heavy atom. The van der Waals surface area contributed by atoms with Crippen LogP contribution in [0.25, 0.3) is 0 Å². The predicted octanol–water partition coefficient (Wildman–Crippen LogP) is 1.63. The molecule has 0 heterocycles. The number of ether oxygens (including phenoxy) is 3. The van der Waals surface area contributed by atoms with Gasteiger partial charge in [0.15, 0.2) is 0 Å².